The summed E-state index contributed by atoms with van der Waals surface area (Å²) in [6.07, 6.45) is 2.26. The van der Waals surface area contributed by atoms with Crippen LogP contribution in [0, 0.1) is 0 Å². The molecule has 0 fully saturated rings. The number of rotatable bonds is 6. The van der Waals surface area contributed by atoms with Crippen LogP contribution in [0.25, 0.3) is 0 Å². The minimum Gasteiger partial charge on any atom is -0.371 e. The van der Waals surface area contributed by atoms with E-state index in [4.69, 9.17) is 5.73 Å². The molecule has 0 saturated heterocycles. The maximum Gasteiger partial charge on any atom is 0.0366 e. The summed E-state index contributed by atoms with van der Waals surface area (Å²) in [7, 11) is 0. The Morgan fingerprint density at radius 2 is 1.75 bits per heavy atom. The number of anilines is 1. The fourth-order valence-electron chi connectivity index (χ4n) is 3.04. The summed E-state index contributed by atoms with van der Waals surface area (Å²) in [4.78, 5) is 2.48. The Kier molecular flexibility index (Phi) is 4.03. The second-order valence-corrected chi connectivity index (χ2v) is 5.52. The van der Waals surface area contributed by atoms with Crippen molar-refractivity contribution in [2.24, 2.45) is 5.73 Å². The van der Waals surface area contributed by atoms with Crippen molar-refractivity contribution in [1.82, 2.24) is 0 Å². The van der Waals surface area contributed by atoms with Crippen LogP contribution >= 0.6 is 0 Å². The van der Waals surface area contributed by atoms with Crippen LogP contribution in [0.2, 0.25) is 0 Å². The Bertz CT molecular complexity index is 550. The van der Waals surface area contributed by atoms with Gasteiger partial charge in [-0.15, -0.1) is 0 Å². The van der Waals surface area contributed by atoms with Gasteiger partial charge in [0.15, 0.2) is 0 Å². The molecular formula is C18H22N2. The van der Waals surface area contributed by atoms with Crippen LogP contribution in [0.4, 0.5) is 5.69 Å². The van der Waals surface area contributed by atoms with Crippen LogP contribution < -0.4 is 10.6 Å². The van der Waals surface area contributed by atoms with Gasteiger partial charge in [0.25, 0.3) is 0 Å². The number of nitrogens with two attached hydrogens (primary N) is 1. The van der Waals surface area contributed by atoms with E-state index in [1.807, 2.05) is 0 Å². The lowest BCUT2D eigenvalue weighted by Gasteiger charge is -2.36. The van der Waals surface area contributed by atoms with E-state index in [2.05, 4.69) is 59.5 Å². The van der Waals surface area contributed by atoms with Crippen LogP contribution in [0.1, 0.15) is 23.5 Å². The average molecular weight is 266 g/mol. The van der Waals surface area contributed by atoms with Gasteiger partial charge in [0, 0.05) is 24.7 Å². The monoisotopic (exact) mass is 266 g/mol. The summed E-state index contributed by atoms with van der Waals surface area (Å²) in [5.74, 6) is 0.671. The first-order valence-electron chi connectivity index (χ1n) is 7.46. The van der Waals surface area contributed by atoms with Gasteiger partial charge >= 0.3 is 0 Å². The van der Waals surface area contributed by atoms with E-state index >= 15 is 0 Å². The lowest BCUT2D eigenvalue weighted by atomic mass is 9.77. The maximum absolute atomic E-state index is 5.68. The molecule has 2 N–H and O–H groups in total. The lowest BCUT2D eigenvalue weighted by Crippen LogP contribution is -2.34. The number of hydrogen-bond donors (Lipinski definition) is 1. The molecule has 20 heavy (non-hydrogen) atoms. The molecule has 0 saturated carbocycles. The highest BCUT2D eigenvalue weighted by Gasteiger charge is 2.27. The van der Waals surface area contributed by atoms with Crippen LogP contribution in [0.15, 0.2) is 54.6 Å². The minimum atomic E-state index is 0.671. The highest BCUT2D eigenvalue weighted by Crippen LogP contribution is 2.36. The van der Waals surface area contributed by atoms with Crippen LogP contribution in [-0.4, -0.2) is 19.6 Å². The second-order valence-electron chi connectivity index (χ2n) is 5.52. The summed E-state index contributed by atoms with van der Waals surface area (Å²) in [5.41, 5.74) is 10.0. The molecular weight excluding hydrogens is 244 g/mol. The van der Waals surface area contributed by atoms with Crippen molar-refractivity contribution < 1.29 is 0 Å². The fourth-order valence-corrected chi connectivity index (χ4v) is 3.04. The molecule has 0 amide bonds. The Morgan fingerprint density at radius 3 is 2.50 bits per heavy atom. The van der Waals surface area contributed by atoms with Crippen molar-refractivity contribution >= 4 is 5.69 Å². The van der Waals surface area contributed by atoms with Gasteiger partial charge in [0.05, 0.1) is 0 Å². The fraction of sp³-hybridized carbons (Fsp3) is 0.333. The SMILES string of the molecule is NCCCN(CC1Cc2ccccc21)c1ccccc1. The van der Waals surface area contributed by atoms with Crippen LogP contribution in [0.3, 0.4) is 0 Å². The molecule has 0 heterocycles. The quantitative estimate of drug-likeness (QED) is 0.870. The molecule has 104 valence electrons. The first-order valence-corrected chi connectivity index (χ1v) is 7.46. The molecule has 0 spiro atoms. The van der Waals surface area contributed by atoms with Crippen molar-refractivity contribution in [3.8, 4) is 0 Å². The van der Waals surface area contributed by atoms with Gasteiger partial charge in [-0.1, -0.05) is 42.5 Å². The Morgan fingerprint density at radius 1 is 1.00 bits per heavy atom. The zero-order valence-electron chi connectivity index (χ0n) is 11.8. The summed E-state index contributed by atoms with van der Waals surface area (Å²) in [6.45, 7) is 2.89. The first kappa shape index (κ1) is 13.2. The summed E-state index contributed by atoms with van der Waals surface area (Å²) >= 11 is 0. The smallest absolute Gasteiger partial charge is 0.0366 e. The molecule has 2 heteroatoms. The molecule has 0 aromatic heterocycles. The van der Waals surface area contributed by atoms with E-state index in [-0.39, 0.29) is 0 Å². The number of fused-ring (bicyclic) bond motifs is 1. The molecule has 3 rings (SSSR count). The summed E-state index contributed by atoms with van der Waals surface area (Å²) in [5, 5.41) is 0. The number of nitrogens with zero attached hydrogens (tertiary/aromatic N) is 1. The third-order valence-electron chi connectivity index (χ3n) is 4.16. The number of para-hydroxylation sites is 1. The normalized spacial score (nSPS) is 16.4. The zero-order chi connectivity index (χ0) is 13.8. The first-order chi connectivity index (χ1) is 9.88. The van der Waals surface area contributed by atoms with Gasteiger partial charge in [-0.05, 0) is 42.6 Å². The predicted molar refractivity (Wildman–Crippen MR) is 85.2 cm³/mol. The summed E-state index contributed by atoms with van der Waals surface area (Å²) in [6, 6.07) is 19.5. The van der Waals surface area contributed by atoms with E-state index in [1.54, 1.807) is 0 Å². The zero-order valence-corrected chi connectivity index (χ0v) is 11.8. The Hall–Kier alpha value is -1.80. The Balaban J connectivity index is 1.72. The average Bonchev–Trinajstić information content (AvgIpc) is 2.49. The third kappa shape index (κ3) is 2.70. The van der Waals surface area contributed by atoms with Crippen molar-refractivity contribution in [2.45, 2.75) is 18.8 Å². The van der Waals surface area contributed by atoms with Crippen molar-refractivity contribution in [3.63, 3.8) is 0 Å². The van der Waals surface area contributed by atoms with E-state index in [9.17, 15) is 0 Å². The van der Waals surface area contributed by atoms with Gasteiger partial charge in [0.2, 0.25) is 0 Å². The molecule has 0 radical (unpaired) electrons. The van der Waals surface area contributed by atoms with E-state index in [0.717, 1.165) is 26.1 Å². The second kappa shape index (κ2) is 6.10. The van der Waals surface area contributed by atoms with Gasteiger partial charge in [-0.2, -0.15) is 0 Å². The molecule has 1 aliphatic rings. The van der Waals surface area contributed by atoms with E-state index in [1.165, 1.54) is 23.2 Å². The standard InChI is InChI=1S/C18H22N2/c19-11-6-12-20(17-8-2-1-3-9-17)14-16-13-15-7-4-5-10-18(15)16/h1-5,7-10,16H,6,11-14,19H2. The van der Waals surface area contributed by atoms with Gasteiger partial charge < -0.3 is 10.6 Å². The molecule has 2 aromatic rings. The molecule has 1 aliphatic carbocycles. The van der Waals surface area contributed by atoms with Crippen LogP contribution in [-0.2, 0) is 6.42 Å². The molecule has 1 unspecified atom stereocenters. The maximum atomic E-state index is 5.68. The highest BCUT2D eigenvalue weighted by molar-refractivity contribution is 5.48. The van der Waals surface area contributed by atoms with Gasteiger partial charge in [0.1, 0.15) is 0 Å². The van der Waals surface area contributed by atoms with E-state index < -0.39 is 0 Å². The lowest BCUT2D eigenvalue weighted by molar-refractivity contribution is 0.576. The molecule has 2 aromatic carbocycles. The van der Waals surface area contributed by atoms with Gasteiger partial charge in [-0.25, -0.2) is 0 Å². The van der Waals surface area contributed by atoms with Crippen molar-refractivity contribution in [3.05, 3.63) is 65.7 Å². The molecule has 2 nitrogen and oxygen atoms in total. The highest BCUT2D eigenvalue weighted by atomic mass is 15.1. The Labute approximate surface area is 121 Å². The largest absolute Gasteiger partial charge is 0.371 e. The minimum absolute atomic E-state index is 0.671. The number of hydrogen-bond acceptors (Lipinski definition) is 2. The number of benzene rings is 2. The van der Waals surface area contributed by atoms with Crippen molar-refractivity contribution in [1.29, 1.82) is 0 Å². The topological polar surface area (TPSA) is 29.3 Å². The van der Waals surface area contributed by atoms with E-state index in [0.29, 0.717) is 5.92 Å². The van der Waals surface area contributed by atoms with Gasteiger partial charge in [-0.3, -0.25) is 0 Å². The molecule has 0 aliphatic heterocycles. The molecule has 1 atom stereocenters. The molecule has 0 bridgehead atoms. The predicted octanol–water partition coefficient (Wildman–Crippen LogP) is 3.18. The summed E-state index contributed by atoms with van der Waals surface area (Å²) < 4.78 is 0. The van der Waals surface area contributed by atoms with Crippen LogP contribution in [0.5, 0.6) is 0 Å². The third-order valence-corrected chi connectivity index (χ3v) is 4.16. The van der Waals surface area contributed by atoms with Crippen molar-refractivity contribution in [2.75, 3.05) is 24.5 Å².